The van der Waals surface area contributed by atoms with Crippen molar-refractivity contribution in [3.05, 3.63) is 30.0 Å². The van der Waals surface area contributed by atoms with Gasteiger partial charge in [0.05, 0.1) is 19.6 Å². The Bertz CT molecular complexity index is 1180. The van der Waals surface area contributed by atoms with E-state index in [2.05, 4.69) is 20.9 Å². The van der Waals surface area contributed by atoms with E-state index in [0.29, 0.717) is 51.6 Å². The molecule has 0 spiro atoms. The van der Waals surface area contributed by atoms with E-state index in [0.717, 1.165) is 22.2 Å². The average Bonchev–Trinajstić information content (AvgIpc) is 3.36. The van der Waals surface area contributed by atoms with Crippen molar-refractivity contribution in [3.8, 4) is 5.75 Å². The molecule has 12 nitrogen and oxygen atoms in total. The molecule has 12 heteroatoms. The number of hydrogen-bond acceptors (Lipinski definition) is 7. The number of aromatic nitrogens is 1. The van der Waals surface area contributed by atoms with Crippen LogP contribution in [-0.4, -0.2) is 66.9 Å². The first kappa shape index (κ1) is 31.7. The second kappa shape index (κ2) is 15.8. The molecule has 226 valence electrons. The van der Waals surface area contributed by atoms with Gasteiger partial charge in [-0.3, -0.25) is 19.6 Å². The van der Waals surface area contributed by atoms with Crippen LogP contribution in [0.4, 0.5) is 4.79 Å². The summed E-state index contributed by atoms with van der Waals surface area (Å²) in [6, 6.07) is 4.95. The fourth-order valence-corrected chi connectivity index (χ4v) is 5.23. The maximum absolute atomic E-state index is 13.6. The van der Waals surface area contributed by atoms with Crippen molar-refractivity contribution in [2.45, 2.75) is 64.8 Å². The summed E-state index contributed by atoms with van der Waals surface area (Å²) in [5.41, 5.74) is 3.66. The van der Waals surface area contributed by atoms with Gasteiger partial charge in [-0.1, -0.05) is 13.8 Å². The fourth-order valence-electron chi connectivity index (χ4n) is 5.23. The normalized spacial score (nSPS) is 21.1. The van der Waals surface area contributed by atoms with Gasteiger partial charge in [-0.15, -0.1) is 0 Å². The zero-order valence-electron chi connectivity index (χ0n) is 24.1. The predicted octanol–water partition coefficient (Wildman–Crippen LogP) is 2.79. The van der Waals surface area contributed by atoms with Gasteiger partial charge in [-0.05, 0) is 68.6 Å². The molecule has 1 aliphatic heterocycles. The SMILES string of the molecule is COc1ccc2c(CCNC(=O)C3CCCCNC(=O)OCCC[C@H](C(=O)NO)C(CC(C)C)C(=O)N3)c[nH]c2c1. The Kier molecular flexibility index (Phi) is 12.3. The first-order valence-electron chi connectivity index (χ1n) is 14.3. The van der Waals surface area contributed by atoms with E-state index >= 15 is 0 Å². The van der Waals surface area contributed by atoms with Crippen molar-refractivity contribution in [2.75, 3.05) is 26.8 Å². The van der Waals surface area contributed by atoms with E-state index in [1.165, 1.54) is 0 Å². The molecular weight excluding hydrogens is 530 g/mol. The Balaban J connectivity index is 1.73. The number of ether oxygens (including phenoxy) is 2. The van der Waals surface area contributed by atoms with Crippen LogP contribution in [-0.2, 0) is 25.5 Å². The van der Waals surface area contributed by atoms with Crippen LogP contribution in [0.15, 0.2) is 24.4 Å². The van der Waals surface area contributed by atoms with Gasteiger partial charge in [0, 0.05) is 42.2 Å². The number of hydroxylamine groups is 1. The molecule has 2 unspecified atom stereocenters. The molecule has 6 N–H and O–H groups in total. The minimum absolute atomic E-state index is 0.0755. The second-order valence-electron chi connectivity index (χ2n) is 10.8. The van der Waals surface area contributed by atoms with Crippen LogP contribution in [0.5, 0.6) is 5.75 Å². The number of rotatable bonds is 8. The molecule has 1 saturated heterocycles. The molecule has 0 radical (unpaired) electrons. The molecule has 1 aromatic carbocycles. The lowest BCUT2D eigenvalue weighted by molar-refractivity contribution is -0.142. The molecule has 3 rings (SSSR count). The number of nitrogens with one attached hydrogen (secondary N) is 5. The van der Waals surface area contributed by atoms with Crippen molar-refractivity contribution in [1.29, 1.82) is 0 Å². The van der Waals surface area contributed by atoms with E-state index in [1.54, 1.807) is 12.6 Å². The highest BCUT2D eigenvalue weighted by molar-refractivity contribution is 5.91. The first-order chi connectivity index (χ1) is 19.7. The lowest BCUT2D eigenvalue weighted by Crippen LogP contribution is -2.51. The van der Waals surface area contributed by atoms with Crippen LogP contribution >= 0.6 is 0 Å². The Hall–Kier alpha value is -3.80. The van der Waals surface area contributed by atoms with Crippen molar-refractivity contribution >= 4 is 34.7 Å². The quantitative estimate of drug-likeness (QED) is 0.208. The standard InChI is InChI=1S/C29H43N5O7/c1-18(2)15-23-22(27(36)34-39)7-6-14-41-29(38)31-12-5-4-8-24(33-26(23)35)28(37)30-13-11-19-17-32-25-16-20(40-3)9-10-21(19)25/h9-10,16-18,22-24,32,39H,4-8,11-15H2,1-3H3,(H,30,37)(H,31,38)(H,33,35)(H,34,36)/t22-,23?,24?/m0/s1. The molecule has 1 aromatic heterocycles. The molecule has 2 aromatic rings. The summed E-state index contributed by atoms with van der Waals surface area (Å²) < 4.78 is 10.5. The maximum atomic E-state index is 13.6. The van der Waals surface area contributed by atoms with E-state index in [9.17, 15) is 24.4 Å². The topological polar surface area (TPSA) is 171 Å². The predicted molar refractivity (Wildman–Crippen MR) is 152 cm³/mol. The number of cyclic esters (lactones) is 1. The first-order valence-corrected chi connectivity index (χ1v) is 14.3. The van der Waals surface area contributed by atoms with Crippen molar-refractivity contribution in [2.24, 2.45) is 17.8 Å². The van der Waals surface area contributed by atoms with Gasteiger partial charge in [0.25, 0.3) is 0 Å². The molecule has 4 amide bonds. The number of aromatic amines is 1. The van der Waals surface area contributed by atoms with Gasteiger partial charge in [0.15, 0.2) is 0 Å². The van der Waals surface area contributed by atoms with Gasteiger partial charge in [0.1, 0.15) is 11.8 Å². The van der Waals surface area contributed by atoms with Crippen LogP contribution in [0, 0.1) is 17.8 Å². The van der Waals surface area contributed by atoms with Gasteiger partial charge in [-0.2, -0.15) is 0 Å². The van der Waals surface area contributed by atoms with Gasteiger partial charge >= 0.3 is 6.09 Å². The Morgan fingerprint density at radius 1 is 1.15 bits per heavy atom. The van der Waals surface area contributed by atoms with Crippen molar-refractivity contribution < 1.29 is 33.9 Å². The Labute approximate surface area is 240 Å². The zero-order valence-corrected chi connectivity index (χ0v) is 24.1. The summed E-state index contributed by atoms with van der Waals surface area (Å²) in [4.78, 5) is 54.7. The summed E-state index contributed by atoms with van der Waals surface area (Å²) in [5, 5.41) is 18.9. The molecule has 0 saturated carbocycles. The maximum Gasteiger partial charge on any atom is 0.407 e. The smallest absolute Gasteiger partial charge is 0.407 e. The van der Waals surface area contributed by atoms with E-state index in [4.69, 9.17) is 9.47 Å². The number of alkyl carbamates (subject to hydrolysis) is 1. The van der Waals surface area contributed by atoms with Gasteiger partial charge in [0.2, 0.25) is 17.7 Å². The number of methoxy groups -OCH3 is 1. The minimum atomic E-state index is -0.858. The lowest BCUT2D eigenvalue weighted by Gasteiger charge is -2.28. The monoisotopic (exact) mass is 573 g/mol. The summed E-state index contributed by atoms with van der Waals surface area (Å²) >= 11 is 0. The van der Waals surface area contributed by atoms with Crippen LogP contribution < -0.4 is 26.2 Å². The van der Waals surface area contributed by atoms with Crippen molar-refractivity contribution in [3.63, 3.8) is 0 Å². The minimum Gasteiger partial charge on any atom is -0.497 e. The lowest BCUT2D eigenvalue weighted by atomic mass is 9.81. The van der Waals surface area contributed by atoms with E-state index < -0.39 is 35.8 Å². The van der Waals surface area contributed by atoms with Gasteiger partial charge < -0.3 is 30.4 Å². The molecule has 2 heterocycles. The number of fused-ring (bicyclic) bond motifs is 1. The summed E-state index contributed by atoms with van der Waals surface area (Å²) in [6.45, 7) is 4.69. The summed E-state index contributed by atoms with van der Waals surface area (Å²) in [7, 11) is 1.61. The van der Waals surface area contributed by atoms with Gasteiger partial charge in [-0.25, -0.2) is 10.3 Å². The molecule has 1 fully saturated rings. The molecule has 0 bridgehead atoms. The van der Waals surface area contributed by atoms with Crippen LogP contribution in [0.3, 0.4) is 0 Å². The highest BCUT2D eigenvalue weighted by atomic mass is 16.5. The van der Waals surface area contributed by atoms with E-state index in [1.807, 2.05) is 38.2 Å². The molecule has 41 heavy (non-hydrogen) atoms. The van der Waals surface area contributed by atoms with Crippen LogP contribution in [0.25, 0.3) is 10.9 Å². The second-order valence-corrected chi connectivity index (χ2v) is 10.8. The fraction of sp³-hybridized carbons (Fsp3) is 0.586. The molecule has 0 aliphatic carbocycles. The number of benzene rings is 1. The summed E-state index contributed by atoms with van der Waals surface area (Å²) in [6.07, 6.45) is 4.38. The number of carbonyl (C=O) groups excluding carboxylic acids is 4. The number of H-pyrrole nitrogens is 1. The Morgan fingerprint density at radius 3 is 2.68 bits per heavy atom. The number of hydrogen-bond donors (Lipinski definition) is 6. The average molecular weight is 574 g/mol. The highest BCUT2D eigenvalue weighted by Crippen LogP contribution is 2.27. The highest BCUT2D eigenvalue weighted by Gasteiger charge is 2.35. The third-order valence-electron chi connectivity index (χ3n) is 7.38. The van der Waals surface area contributed by atoms with Crippen LogP contribution in [0.1, 0.15) is 57.9 Å². The largest absolute Gasteiger partial charge is 0.497 e. The number of amides is 4. The molecule has 3 atom stereocenters. The molecule has 1 aliphatic rings. The van der Waals surface area contributed by atoms with E-state index in [-0.39, 0.29) is 24.9 Å². The third kappa shape index (κ3) is 9.38. The number of carbonyl (C=O) groups is 4. The zero-order chi connectivity index (χ0) is 29.8. The van der Waals surface area contributed by atoms with Crippen LogP contribution in [0.2, 0.25) is 0 Å². The molecular formula is C29H43N5O7. The third-order valence-corrected chi connectivity index (χ3v) is 7.38. The van der Waals surface area contributed by atoms with Crippen molar-refractivity contribution in [1.82, 2.24) is 26.4 Å². The summed E-state index contributed by atoms with van der Waals surface area (Å²) in [5.74, 6) is -2.22. The Morgan fingerprint density at radius 2 is 1.95 bits per heavy atom.